The number of carbonyl (C=O) groups excluding carboxylic acids is 1. The van der Waals surface area contributed by atoms with E-state index >= 15 is 0 Å². The van der Waals surface area contributed by atoms with Gasteiger partial charge in [0.05, 0.1) is 21.8 Å². The summed E-state index contributed by atoms with van der Waals surface area (Å²) in [7, 11) is 0. The summed E-state index contributed by atoms with van der Waals surface area (Å²) >= 11 is 13.5. The average Bonchev–Trinajstić information content (AvgIpc) is 2.57. The number of thioether (sulfide) groups is 1. The fourth-order valence-corrected chi connectivity index (χ4v) is 3.64. The molecule has 0 saturated heterocycles. The zero-order valence-corrected chi connectivity index (χ0v) is 17.9. The maximum absolute atomic E-state index is 12.2. The summed E-state index contributed by atoms with van der Waals surface area (Å²) in [5, 5.41) is 4.14. The first-order valence-electron chi connectivity index (χ1n) is 8.58. The minimum atomic E-state index is -0.0119. The highest BCUT2D eigenvalue weighted by atomic mass is 35.5. The Morgan fingerprint density at radius 3 is 2.31 bits per heavy atom. The molecule has 5 heteroatoms. The summed E-state index contributed by atoms with van der Waals surface area (Å²) in [6, 6.07) is 14.0. The number of halogens is 2. The van der Waals surface area contributed by atoms with Gasteiger partial charge in [0, 0.05) is 5.75 Å². The highest BCUT2D eigenvalue weighted by Gasteiger charge is 2.15. The topological polar surface area (TPSA) is 29.1 Å². The van der Waals surface area contributed by atoms with Crippen molar-refractivity contribution in [1.82, 2.24) is 5.32 Å². The fraction of sp³-hybridized carbons (Fsp3) is 0.381. The minimum absolute atomic E-state index is 0.0119. The van der Waals surface area contributed by atoms with Crippen LogP contribution in [0.25, 0.3) is 0 Å². The van der Waals surface area contributed by atoms with Crippen LogP contribution in [-0.2, 0) is 16.0 Å². The number of rotatable bonds is 6. The van der Waals surface area contributed by atoms with E-state index in [1.54, 1.807) is 17.8 Å². The molecule has 26 heavy (non-hydrogen) atoms. The number of hydrogen-bond donors (Lipinski definition) is 1. The van der Waals surface area contributed by atoms with E-state index in [2.05, 4.69) is 50.4 Å². The zero-order valence-electron chi connectivity index (χ0n) is 15.6. The molecule has 0 aliphatic rings. The molecule has 0 aromatic heterocycles. The zero-order chi connectivity index (χ0) is 19.3. The molecule has 1 amide bonds. The summed E-state index contributed by atoms with van der Waals surface area (Å²) in [6.45, 7) is 8.59. The highest BCUT2D eigenvalue weighted by molar-refractivity contribution is 7.99. The van der Waals surface area contributed by atoms with Crippen LogP contribution in [0.5, 0.6) is 0 Å². The lowest BCUT2D eigenvalue weighted by atomic mass is 9.86. The number of carbonyl (C=O) groups is 1. The second kappa shape index (κ2) is 9.16. The molecule has 0 heterocycles. The van der Waals surface area contributed by atoms with Crippen LogP contribution in [0.4, 0.5) is 0 Å². The van der Waals surface area contributed by atoms with Gasteiger partial charge < -0.3 is 5.32 Å². The van der Waals surface area contributed by atoms with Gasteiger partial charge in [-0.2, -0.15) is 0 Å². The molecular weight excluding hydrogens is 385 g/mol. The van der Waals surface area contributed by atoms with Crippen molar-refractivity contribution in [3.8, 4) is 0 Å². The van der Waals surface area contributed by atoms with E-state index in [9.17, 15) is 4.79 Å². The molecule has 2 aromatic carbocycles. The molecule has 0 radical (unpaired) electrons. The smallest absolute Gasteiger partial charge is 0.230 e. The molecule has 1 atom stereocenters. The van der Waals surface area contributed by atoms with E-state index in [0.29, 0.717) is 15.8 Å². The average molecular weight is 410 g/mol. The Labute approximate surface area is 170 Å². The second-order valence-corrected chi connectivity index (χ2v) is 9.20. The molecule has 140 valence electrons. The minimum Gasteiger partial charge on any atom is -0.349 e. The number of nitrogens with one attached hydrogen (secondary N) is 1. The van der Waals surface area contributed by atoms with E-state index in [1.807, 2.05) is 19.1 Å². The predicted octanol–water partition coefficient (Wildman–Crippen LogP) is 6.40. The van der Waals surface area contributed by atoms with Crippen molar-refractivity contribution in [2.24, 2.45) is 0 Å². The maximum Gasteiger partial charge on any atom is 0.230 e. The number of benzene rings is 2. The van der Waals surface area contributed by atoms with E-state index in [-0.39, 0.29) is 17.4 Å². The quantitative estimate of drug-likeness (QED) is 0.597. The Morgan fingerprint density at radius 1 is 1.08 bits per heavy atom. The molecule has 0 saturated carbocycles. The first kappa shape index (κ1) is 21.1. The van der Waals surface area contributed by atoms with Crippen molar-refractivity contribution < 1.29 is 4.79 Å². The van der Waals surface area contributed by atoms with Gasteiger partial charge in [-0.1, -0.05) is 74.3 Å². The molecule has 0 bridgehead atoms. The monoisotopic (exact) mass is 409 g/mol. The Morgan fingerprint density at radius 2 is 1.73 bits per heavy atom. The van der Waals surface area contributed by atoms with Crippen LogP contribution >= 0.6 is 35.0 Å². The van der Waals surface area contributed by atoms with Crippen LogP contribution in [0, 0.1) is 0 Å². The van der Waals surface area contributed by atoms with Gasteiger partial charge in [0.2, 0.25) is 5.91 Å². The van der Waals surface area contributed by atoms with Gasteiger partial charge in [-0.05, 0) is 41.2 Å². The Bertz CT molecular complexity index is 754. The van der Waals surface area contributed by atoms with Gasteiger partial charge in [0.15, 0.2) is 0 Å². The molecule has 0 fully saturated rings. The highest BCUT2D eigenvalue weighted by Crippen LogP contribution is 2.25. The summed E-state index contributed by atoms with van der Waals surface area (Å²) in [5.41, 5.74) is 3.59. The molecule has 1 N–H and O–H groups in total. The second-order valence-electron chi connectivity index (χ2n) is 7.40. The third-order valence-electron chi connectivity index (χ3n) is 4.14. The van der Waals surface area contributed by atoms with Gasteiger partial charge >= 0.3 is 0 Å². The standard InChI is InChI=1S/C21H25Cl2NOS/c1-14(16-6-8-17(9-7-16)21(2,3)4)24-20(25)13-26-12-15-5-10-18(22)19(23)11-15/h5-11,14H,12-13H2,1-4H3,(H,24,25). The van der Waals surface area contributed by atoms with Gasteiger partial charge in [-0.3, -0.25) is 4.79 Å². The van der Waals surface area contributed by atoms with Crippen molar-refractivity contribution in [1.29, 1.82) is 0 Å². The molecule has 2 rings (SSSR count). The number of hydrogen-bond acceptors (Lipinski definition) is 2. The molecule has 0 spiro atoms. The molecule has 0 aliphatic carbocycles. The van der Waals surface area contributed by atoms with Crippen LogP contribution in [0.1, 0.15) is 50.4 Å². The van der Waals surface area contributed by atoms with Crippen molar-refractivity contribution in [2.75, 3.05) is 5.75 Å². The third-order valence-corrected chi connectivity index (χ3v) is 5.88. The van der Waals surface area contributed by atoms with Gasteiger partial charge in [0.25, 0.3) is 0 Å². The van der Waals surface area contributed by atoms with Gasteiger partial charge in [0.1, 0.15) is 0 Å². The summed E-state index contributed by atoms with van der Waals surface area (Å²) in [6.07, 6.45) is 0. The summed E-state index contributed by atoms with van der Waals surface area (Å²) in [5.74, 6) is 1.16. The van der Waals surface area contributed by atoms with Gasteiger partial charge in [-0.25, -0.2) is 0 Å². The molecule has 2 nitrogen and oxygen atoms in total. The van der Waals surface area contributed by atoms with Gasteiger partial charge in [-0.15, -0.1) is 11.8 Å². The third kappa shape index (κ3) is 6.22. The fourth-order valence-electron chi connectivity index (χ4n) is 2.53. The lowest BCUT2D eigenvalue weighted by Gasteiger charge is -2.20. The molecule has 0 aliphatic heterocycles. The molecular formula is C21H25Cl2NOS. The SMILES string of the molecule is CC(NC(=O)CSCc1ccc(Cl)c(Cl)c1)c1ccc(C(C)(C)C)cc1. The van der Waals surface area contributed by atoms with Crippen molar-refractivity contribution in [3.05, 3.63) is 69.2 Å². The van der Waals surface area contributed by atoms with E-state index in [4.69, 9.17) is 23.2 Å². The predicted molar refractivity (Wildman–Crippen MR) is 114 cm³/mol. The lowest BCUT2D eigenvalue weighted by Crippen LogP contribution is -2.28. The normalized spacial score (nSPS) is 12.7. The number of amides is 1. The largest absolute Gasteiger partial charge is 0.349 e. The van der Waals surface area contributed by atoms with Crippen LogP contribution in [0.3, 0.4) is 0 Å². The Balaban J connectivity index is 1.82. The van der Waals surface area contributed by atoms with E-state index < -0.39 is 0 Å². The van der Waals surface area contributed by atoms with E-state index in [0.717, 1.165) is 16.9 Å². The summed E-state index contributed by atoms with van der Waals surface area (Å²) in [4.78, 5) is 12.2. The maximum atomic E-state index is 12.2. The summed E-state index contributed by atoms with van der Waals surface area (Å²) < 4.78 is 0. The first-order valence-corrected chi connectivity index (χ1v) is 10.5. The van der Waals surface area contributed by atoms with Crippen LogP contribution in [0.15, 0.2) is 42.5 Å². The molecule has 2 aromatic rings. The van der Waals surface area contributed by atoms with Crippen LogP contribution in [0.2, 0.25) is 10.0 Å². The first-order chi connectivity index (χ1) is 12.2. The molecule has 1 unspecified atom stereocenters. The van der Waals surface area contributed by atoms with Crippen molar-refractivity contribution in [2.45, 2.75) is 44.9 Å². The lowest BCUT2D eigenvalue weighted by molar-refractivity contribution is -0.119. The van der Waals surface area contributed by atoms with Crippen LogP contribution < -0.4 is 5.32 Å². The van der Waals surface area contributed by atoms with E-state index in [1.165, 1.54) is 5.56 Å². The Kier molecular flexibility index (Phi) is 7.45. The van der Waals surface area contributed by atoms with Crippen molar-refractivity contribution >= 4 is 40.9 Å². The van der Waals surface area contributed by atoms with Crippen LogP contribution in [-0.4, -0.2) is 11.7 Å². The van der Waals surface area contributed by atoms with Crippen molar-refractivity contribution in [3.63, 3.8) is 0 Å². The Hall–Kier alpha value is -1.16.